The second-order valence-electron chi connectivity index (χ2n) is 5.07. The Hall–Kier alpha value is -0.540. The molecule has 0 aliphatic rings. The maximum absolute atomic E-state index is 6.27. The van der Waals surface area contributed by atoms with Crippen LogP contribution < -0.4 is 0 Å². The number of fused-ring (bicyclic) bond motifs is 1. The van der Waals surface area contributed by atoms with Gasteiger partial charge in [-0.15, -0.1) is 11.6 Å². The Balaban J connectivity index is 2.72. The fourth-order valence-corrected chi connectivity index (χ4v) is 2.59. The minimum absolute atomic E-state index is 0.0858. The average molecular weight is 330 g/mol. The zero-order valence-electron chi connectivity index (χ0n) is 11.1. The molecule has 1 aromatic carbocycles. The third kappa shape index (κ3) is 2.43. The van der Waals surface area contributed by atoms with Crippen molar-refractivity contribution in [2.45, 2.75) is 39.1 Å². The zero-order chi connectivity index (χ0) is 13.4. The van der Waals surface area contributed by atoms with Gasteiger partial charge in [-0.25, -0.2) is 4.98 Å². The van der Waals surface area contributed by atoms with Crippen LogP contribution in [-0.2, 0) is 0 Å². The van der Waals surface area contributed by atoms with E-state index in [4.69, 9.17) is 11.6 Å². The molecule has 1 aromatic heterocycles. The van der Waals surface area contributed by atoms with Gasteiger partial charge in [0, 0.05) is 10.5 Å². The summed E-state index contributed by atoms with van der Waals surface area (Å²) in [6.07, 6.45) is 0. The molecule has 98 valence electrons. The molecule has 0 saturated carbocycles. The Labute approximate surface area is 121 Å². The summed E-state index contributed by atoms with van der Waals surface area (Å²) in [5, 5.41) is -0.0858. The van der Waals surface area contributed by atoms with Gasteiger partial charge >= 0.3 is 0 Å². The van der Waals surface area contributed by atoms with Gasteiger partial charge in [-0.1, -0.05) is 29.8 Å². The van der Waals surface area contributed by atoms with Crippen LogP contribution in [0.15, 0.2) is 22.7 Å². The first kappa shape index (κ1) is 13.9. The standard InChI is InChI=1S/C14H18BrClN2/c1-8(2)10(4)18-13-7-11(15)5-6-12(13)17-14(18)9(3)16/h5-10H,1-4H3. The molecule has 0 fully saturated rings. The summed E-state index contributed by atoms with van der Waals surface area (Å²) in [6.45, 7) is 8.63. The summed E-state index contributed by atoms with van der Waals surface area (Å²) in [5.74, 6) is 1.49. The Bertz CT molecular complexity index is 560. The van der Waals surface area contributed by atoms with E-state index in [0.29, 0.717) is 12.0 Å². The van der Waals surface area contributed by atoms with Crippen molar-refractivity contribution in [3.63, 3.8) is 0 Å². The summed E-state index contributed by atoms with van der Waals surface area (Å²) < 4.78 is 3.34. The molecule has 4 heteroatoms. The first-order chi connectivity index (χ1) is 8.41. The lowest BCUT2D eigenvalue weighted by molar-refractivity contribution is 0.405. The highest BCUT2D eigenvalue weighted by Crippen LogP contribution is 2.32. The van der Waals surface area contributed by atoms with Crippen molar-refractivity contribution in [2.24, 2.45) is 5.92 Å². The van der Waals surface area contributed by atoms with Crippen LogP contribution >= 0.6 is 27.5 Å². The maximum atomic E-state index is 6.27. The molecule has 2 nitrogen and oxygen atoms in total. The smallest absolute Gasteiger partial charge is 0.127 e. The zero-order valence-corrected chi connectivity index (χ0v) is 13.5. The van der Waals surface area contributed by atoms with E-state index in [-0.39, 0.29) is 5.38 Å². The second-order valence-corrected chi connectivity index (χ2v) is 6.64. The highest BCUT2D eigenvalue weighted by atomic mass is 79.9. The van der Waals surface area contributed by atoms with Gasteiger partial charge in [0.05, 0.1) is 16.4 Å². The van der Waals surface area contributed by atoms with Crippen LogP contribution in [0.1, 0.15) is 44.9 Å². The third-order valence-electron chi connectivity index (χ3n) is 3.41. The van der Waals surface area contributed by atoms with Gasteiger partial charge in [0.2, 0.25) is 0 Å². The van der Waals surface area contributed by atoms with Crippen molar-refractivity contribution in [3.05, 3.63) is 28.5 Å². The molecular weight excluding hydrogens is 312 g/mol. The second kappa shape index (κ2) is 5.22. The van der Waals surface area contributed by atoms with E-state index in [1.165, 1.54) is 0 Å². The van der Waals surface area contributed by atoms with E-state index in [0.717, 1.165) is 21.3 Å². The first-order valence-electron chi connectivity index (χ1n) is 6.23. The first-order valence-corrected chi connectivity index (χ1v) is 7.46. The van der Waals surface area contributed by atoms with Crippen LogP contribution in [0.25, 0.3) is 11.0 Å². The number of aromatic nitrogens is 2. The predicted octanol–water partition coefficient (Wildman–Crippen LogP) is 5.32. The summed E-state index contributed by atoms with van der Waals surface area (Å²) in [6, 6.07) is 6.54. The summed E-state index contributed by atoms with van der Waals surface area (Å²) in [5.41, 5.74) is 2.15. The number of imidazole rings is 1. The van der Waals surface area contributed by atoms with Gasteiger partial charge in [0.25, 0.3) is 0 Å². The molecule has 0 radical (unpaired) electrons. The monoisotopic (exact) mass is 328 g/mol. The molecule has 0 N–H and O–H groups in total. The van der Waals surface area contributed by atoms with Crippen molar-refractivity contribution in [2.75, 3.05) is 0 Å². The molecular formula is C14H18BrClN2. The normalized spacial score (nSPS) is 15.3. The van der Waals surface area contributed by atoms with Crippen molar-refractivity contribution in [1.82, 2.24) is 9.55 Å². The van der Waals surface area contributed by atoms with Crippen LogP contribution in [0, 0.1) is 5.92 Å². The Morgan fingerprint density at radius 1 is 1.22 bits per heavy atom. The summed E-state index contributed by atoms with van der Waals surface area (Å²) in [4.78, 5) is 4.67. The van der Waals surface area contributed by atoms with E-state index >= 15 is 0 Å². The lowest BCUT2D eigenvalue weighted by Gasteiger charge is -2.22. The third-order valence-corrected chi connectivity index (χ3v) is 4.10. The Morgan fingerprint density at radius 3 is 2.44 bits per heavy atom. The molecule has 0 bridgehead atoms. The molecule has 0 aliphatic heterocycles. The topological polar surface area (TPSA) is 17.8 Å². The molecule has 0 spiro atoms. The van der Waals surface area contributed by atoms with E-state index in [2.05, 4.69) is 52.3 Å². The van der Waals surface area contributed by atoms with E-state index in [1.807, 2.05) is 19.1 Å². The van der Waals surface area contributed by atoms with E-state index < -0.39 is 0 Å². The number of halogens is 2. The minimum Gasteiger partial charge on any atom is -0.324 e. The minimum atomic E-state index is -0.0858. The molecule has 2 atom stereocenters. The summed E-state index contributed by atoms with van der Waals surface area (Å²) >= 11 is 9.80. The number of benzene rings is 1. The van der Waals surface area contributed by atoms with E-state index in [9.17, 15) is 0 Å². The fourth-order valence-electron chi connectivity index (χ4n) is 2.09. The van der Waals surface area contributed by atoms with Gasteiger partial charge in [0.15, 0.2) is 0 Å². The Morgan fingerprint density at radius 2 is 1.89 bits per heavy atom. The number of rotatable bonds is 3. The SMILES string of the molecule is CC(Cl)c1nc2ccc(Br)cc2n1C(C)C(C)C. The van der Waals surface area contributed by atoms with Crippen LogP contribution in [0.5, 0.6) is 0 Å². The number of hydrogen-bond donors (Lipinski definition) is 0. The highest BCUT2D eigenvalue weighted by molar-refractivity contribution is 9.10. The van der Waals surface area contributed by atoms with Crippen LogP contribution in [0.4, 0.5) is 0 Å². The Kier molecular flexibility index (Phi) is 4.02. The van der Waals surface area contributed by atoms with Crippen LogP contribution in [-0.4, -0.2) is 9.55 Å². The predicted molar refractivity (Wildman–Crippen MR) is 81.3 cm³/mol. The maximum Gasteiger partial charge on any atom is 0.127 e. The number of nitrogens with zero attached hydrogens (tertiary/aromatic N) is 2. The molecule has 2 rings (SSSR count). The molecule has 1 heterocycles. The van der Waals surface area contributed by atoms with Crippen molar-refractivity contribution >= 4 is 38.6 Å². The molecule has 0 amide bonds. The lowest BCUT2D eigenvalue weighted by Crippen LogP contribution is -2.14. The molecule has 18 heavy (non-hydrogen) atoms. The van der Waals surface area contributed by atoms with E-state index in [1.54, 1.807) is 0 Å². The molecule has 2 aromatic rings. The van der Waals surface area contributed by atoms with Gasteiger partial charge in [-0.3, -0.25) is 0 Å². The highest BCUT2D eigenvalue weighted by Gasteiger charge is 2.20. The van der Waals surface area contributed by atoms with Crippen LogP contribution in [0.3, 0.4) is 0 Å². The van der Waals surface area contributed by atoms with Crippen molar-refractivity contribution < 1.29 is 0 Å². The van der Waals surface area contributed by atoms with Crippen LogP contribution in [0.2, 0.25) is 0 Å². The molecule has 0 aliphatic carbocycles. The number of hydrogen-bond acceptors (Lipinski definition) is 1. The van der Waals surface area contributed by atoms with Gasteiger partial charge < -0.3 is 4.57 Å². The van der Waals surface area contributed by atoms with Crippen molar-refractivity contribution in [1.29, 1.82) is 0 Å². The lowest BCUT2D eigenvalue weighted by atomic mass is 10.1. The molecule has 0 saturated heterocycles. The quantitative estimate of drug-likeness (QED) is 0.697. The van der Waals surface area contributed by atoms with Crippen molar-refractivity contribution in [3.8, 4) is 0 Å². The fraction of sp³-hybridized carbons (Fsp3) is 0.500. The largest absolute Gasteiger partial charge is 0.324 e. The van der Waals surface area contributed by atoms with Gasteiger partial charge in [0.1, 0.15) is 5.82 Å². The van der Waals surface area contributed by atoms with Gasteiger partial charge in [-0.05, 0) is 38.0 Å². The number of alkyl halides is 1. The van der Waals surface area contributed by atoms with Gasteiger partial charge in [-0.2, -0.15) is 0 Å². The molecule has 2 unspecified atom stereocenters. The average Bonchev–Trinajstić information content (AvgIpc) is 2.66. The summed E-state index contributed by atoms with van der Waals surface area (Å²) in [7, 11) is 0.